The second kappa shape index (κ2) is 6.16. The third kappa shape index (κ3) is 3.16. The van der Waals surface area contributed by atoms with Crippen molar-refractivity contribution in [3.63, 3.8) is 0 Å². The van der Waals surface area contributed by atoms with Gasteiger partial charge in [0.05, 0.1) is 0 Å². The standard InChI is InChI=1S/C13H17NO.BrH/c1-10-3-2-4-12(9-10)13(15)11-5-7-14-8-6-11;/h2-4,9,11,14H,5-8H2,1H3;1H. The highest BCUT2D eigenvalue weighted by molar-refractivity contribution is 8.93. The van der Waals surface area contributed by atoms with E-state index in [4.69, 9.17) is 0 Å². The van der Waals surface area contributed by atoms with E-state index in [0.29, 0.717) is 5.78 Å². The minimum atomic E-state index is 0. The number of Topliss-reactive ketones (excluding diaryl/α,β-unsaturated/α-hetero) is 1. The number of piperidine rings is 1. The van der Waals surface area contributed by atoms with Crippen molar-refractivity contribution in [3.05, 3.63) is 35.4 Å². The van der Waals surface area contributed by atoms with E-state index in [1.807, 2.05) is 31.2 Å². The van der Waals surface area contributed by atoms with Gasteiger partial charge in [0.25, 0.3) is 0 Å². The Morgan fingerprint density at radius 3 is 2.62 bits per heavy atom. The summed E-state index contributed by atoms with van der Waals surface area (Å²) < 4.78 is 0. The van der Waals surface area contributed by atoms with E-state index < -0.39 is 0 Å². The summed E-state index contributed by atoms with van der Waals surface area (Å²) in [6, 6.07) is 7.91. The second-order valence-corrected chi connectivity index (χ2v) is 4.26. The minimum Gasteiger partial charge on any atom is -0.317 e. The highest BCUT2D eigenvalue weighted by Gasteiger charge is 2.21. The topological polar surface area (TPSA) is 29.1 Å². The number of carbonyl (C=O) groups is 1. The molecule has 0 aliphatic carbocycles. The Balaban J connectivity index is 0.00000128. The van der Waals surface area contributed by atoms with Gasteiger partial charge in [-0.2, -0.15) is 0 Å². The maximum absolute atomic E-state index is 12.1. The minimum absolute atomic E-state index is 0. The maximum atomic E-state index is 12.1. The highest BCUT2D eigenvalue weighted by atomic mass is 79.9. The van der Waals surface area contributed by atoms with Crippen LogP contribution in [0.25, 0.3) is 0 Å². The largest absolute Gasteiger partial charge is 0.317 e. The Bertz CT molecular complexity index is 359. The number of halogens is 1. The van der Waals surface area contributed by atoms with Crippen molar-refractivity contribution in [2.75, 3.05) is 13.1 Å². The van der Waals surface area contributed by atoms with Gasteiger partial charge >= 0.3 is 0 Å². The third-order valence-electron chi connectivity index (χ3n) is 3.01. The lowest BCUT2D eigenvalue weighted by atomic mass is 9.89. The molecule has 2 nitrogen and oxygen atoms in total. The van der Waals surface area contributed by atoms with Gasteiger partial charge in [0.1, 0.15) is 0 Å². The van der Waals surface area contributed by atoms with Crippen molar-refractivity contribution in [1.82, 2.24) is 5.32 Å². The Morgan fingerprint density at radius 2 is 2.00 bits per heavy atom. The first-order valence-corrected chi connectivity index (χ1v) is 5.59. The van der Waals surface area contributed by atoms with Crippen LogP contribution in [0.4, 0.5) is 0 Å². The zero-order valence-electron chi connectivity index (χ0n) is 9.53. The number of benzene rings is 1. The summed E-state index contributed by atoms with van der Waals surface area (Å²) in [5.41, 5.74) is 2.04. The highest BCUT2D eigenvalue weighted by Crippen LogP contribution is 2.18. The van der Waals surface area contributed by atoms with Crippen molar-refractivity contribution in [2.24, 2.45) is 5.92 Å². The molecule has 1 N–H and O–H groups in total. The fraction of sp³-hybridized carbons (Fsp3) is 0.462. The SMILES string of the molecule is Br.Cc1cccc(C(=O)C2CCNCC2)c1. The average Bonchev–Trinajstić information content (AvgIpc) is 2.29. The number of ketones is 1. The summed E-state index contributed by atoms with van der Waals surface area (Å²) >= 11 is 0. The number of aryl methyl sites for hydroxylation is 1. The molecule has 0 atom stereocenters. The molecular weight excluding hydrogens is 266 g/mol. The van der Waals surface area contributed by atoms with Crippen LogP contribution >= 0.6 is 17.0 Å². The van der Waals surface area contributed by atoms with Crippen molar-refractivity contribution < 1.29 is 4.79 Å². The monoisotopic (exact) mass is 283 g/mol. The van der Waals surface area contributed by atoms with E-state index in [0.717, 1.165) is 37.1 Å². The molecule has 1 aromatic rings. The summed E-state index contributed by atoms with van der Waals surface area (Å²) in [5, 5.41) is 3.28. The van der Waals surface area contributed by atoms with Crippen LogP contribution in [0.5, 0.6) is 0 Å². The molecule has 2 rings (SSSR count). The summed E-state index contributed by atoms with van der Waals surface area (Å²) in [4.78, 5) is 12.1. The first-order valence-electron chi connectivity index (χ1n) is 5.59. The van der Waals surface area contributed by atoms with Crippen LogP contribution in [-0.4, -0.2) is 18.9 Å². The molecule has 1 fully saturated rings. The Labute approximate surface area is 107 Å². The molecule has 0 bridgehead atoms. The van der Waals surface area contributed by atoms with Crippen LogP contribution in [0, 0.1) is 12.8 Å². The summed E-state index contributed by atoms with van der Waals surface area (Å²) in [6.45, 7) is 3.98. The van der Waals surface area contributed by atoms with Crippen LogP contribution in [-0.2, 0) is 0 Å². The summed E-state index contributed by atoms with van der Waals surface area (Å²) in [7, 11) is 0. The average molecular weight is 284 g/mol. The van der Waals surface area contributed by atoms with E-state index in [2.05, 4.69) is 5.32 Å². The van der Waals surface area contributed by atoms with Gasteiger partial charge in [-0.25, -0.2) is 0 Å². The molecule has 3 heteroatoms. The number of hydrogen-bond acceptors (Lipinski definition) is 2. The molecule has 1 heterocycles. The molecule has 1 saturated heterocycles. The molecule has 1 aliphatic rings. The van der Waals surface area contributed by atoms with Gasteiger partial charge in [-0.3, -0.25) is 4.79 Å². The second-order valence-electron chi connectivity index (χ2n) is 4.26. The van der Waals surface area contributed by atoms with Gasteiger partial charge in [0, 0.05) is 11.5 Å². The van der Waals surface area contributed by atoms with Crippen LogP contribution in [0.3, 0.4) is 0 Å². The summed E-state index contributed by atoms with van der Waals surface area (Å²) in [6.07, 6.45) is 1.96. The van der Waals surface area contributed by atoms with Crippen LogP contribution in [0.2, 0.25) is 0 Å². The predicted molar refractivity (Wildman–Crippen MR) is 71.4 cm³/mol. The van der Waals surface area contributed by atoms with Gasteiger partial charge in [-0.1, -0.05) is 23.8 Å². The number of rotatable bonds is 2. The van der Waals surface area contributed by atoms with Gasteiger partial charge in [-0.15, -0.1) is 17.0 Å². The van der Waals surface area contributed by atoms with Crippen LogP contribution in [0.15, 0.2) is 24.3 Å². The van der Waals surface area contributed by atoms with Gasteiger partial charge in [0.15, 0.2) is 5.78 Å². The van der Waals surface area contributed by atoms with Crippen molar-refractivity contribution in [1.29, 1.82) is 0 Å². The molecular formula is C13H18BrNO. The van der Waals surface area contributed by atoms with E-state index in [1.165, 1.54) is 0 Å². The normalized spacial score (nSPS) is 16.6. The fourth-order valence-electron chi connectivity index (χ4n) is 2.12. The molecule has 88 valence electrons. The lowest BCUT2D eigenvalue weighted by molar-refractivity contribution is 0.0895. The summed E-state index contributed by atoms with van der Waals surface area (Å²) in [5.74, 6) is 0.549. The molecule has 16 heavy (non-hydrogen) atoms. The number of carbonyl (C=O) groups excluding carboxylic acids is 1. The number of hydrogen-bond donors (Lipinski definition) is 1. The zero-order chi connectivity index (χ0) is 10.7. The Hall–Kier alpha value is -0.670. The molecule has 0 amide bonds. The van der Waals surface area contributed by atoms with Crippen molar-refractivity contribution in [3.8, 4) is 0 Å². The molecule has 1 aliphatic heterocycles. The lowest BCUT2D eigenvalue weighted by Crippen LogP contribution is -2.31. The third-order valence-corrected chi connectivity index (χ3v) is 3.01. The molecule has 0 spiro atoms. The van der Waals surface area contributed by atoms with Gasteiger partial charge in [0.2, 0.25) is 0 Å². The molecule has 0 radical (unpaired) electrons. The lowest BCUT2D eigenvalue weighted by Gasteiger charge is -2.21. The van der Waals surface area contributed by atoms with Gasteiger partial charge in [-0.05, 0) is 38.9 Å². The Kier molecular flexibility index (Phi) is 5.16. The van der Waals surface area contributed by atoms with E-state index in [1.54, 1.807) is 0 Å². The molecule has 1 aromatic carbocycles. The maximum Gasteiger partial charge on any atom is 0.166 e. The van der Waals surface area contributed by atoms with Crippen LogP contribution in [0.1, 0.15) is 28.8 Å². The smallest absolute Gasteiger partial charge is 0.166 e. The van der Waals surface area contributed by atoms with E-state index in [-0.39, 0.29) is 22.9 Å². The quantitative estimate of drug-likeness (QED) is 0.846. The number of nitrogens with one attached hydrogen (secondary N) is 1. The fourth-order valence-corrected chi connectivity index (χ4v) is 2.12. The first-order chi connectivity index (χ1) is 7.27. The Morgan fingerprint density at radius 1 is 1.31 bits per heavy atom. The van der Waals surface area contributed by atoms with E-state index >= 15 is 0 Å². The molecule has 0 unspecified atom stereocenters. The molecule has 0 saturated carbocycles. The first kappa shape index (κ1) is 13.4. The van der Waals surface area contributed by atoms with Gasteiger partial charge < -0.3 is 5.32 Å². The molecule has 0 aromatic heterocycles. The van der Waals surface area contributed by atoms with Crippen molar-refractivity contribution in [2.45, 2.75) is 19.8 Å². The van der Waals surface area contributed by atoms with Crippen molar-refractivity contribution >= 4 is 22.8 Å². The predicted octanol–water partition coefficient (Wildman–Crippen LogP) is 2.76. The zero-order valence-corrected chi connectivity index (χ0v) is 11.2. The van der Waals surface area contributed by atoms with E-state index in [9.17, 15) is 4.79 Å². The van der Waals surface area contributed by atoms with Crippen LogP contribution < -0.4 is 5.32 Å².